The third-order valence-corrected chi connectivity index (χ3v) is 2.90. The van der Waals surface area contributed by atoms with Crippen LogP contribution < -0.4 is 0 Å². The topological polar surface area (TPSA) is 50.2 Å². The Kier molecular flexibility index (Phi) is 11.5. The molecule has 0 saturated carbocycles. The number of rotatable bonds is 7. The fourth-order valence-electron chi connectivity index (χ4n) is 1.41. The standard InChI is InChI=1S/C9H18O2.C5H3BrFN/c1-2-3-4-5-6-7-8-9(10)11;6-5-2-1-4(7)3-8-5/h2-8H2,1H3,(H,10,11);1-3H. The maximum Gasteiger partial charge on any atom is 0.303 e. The van der Waals surface area contributed by atoms with E-state index in [4.69, 9.17) is 5.11 Å². The Morgan fingerprint density at radius 2 is 1.89 bits per heavy atom. The van der Waals surface area contributed by atoms with Crippen molar-refractivity contribution in [3.05, 3.63) is 28.7 Å². The minimum Gasteiger partial charge on any atom is -0.481 e. The highest BCUT2D eigenvalue weighted by atomic mass is 79.9. The smallest absolute Gasteiger partial charge is 0.303 e. The lowest BCUT2D eigenvalue weighted by atomic mass is 10.1. The van der Waals surface area contributed by atoms with Crippen molar-refractivity contribution in [3.63, 3.8) is 0 Å². The van der Waals surface area contributed by atoms with E-state index in [1.165, 1.54) is 31.7 Å². The first-order chi connectivity index (χ1) is 9.06. The van der Waals surface area contributed by atoms with Gasteiger partial charge in [-0.3, -0.25) is 4.79 Å². The maximum atomic E-state index is 12.0. The molecular weight excluding hydrogens is 313 g/mol. The summed E-state index contributed by atoms with van der Waals surface area (Å²) in [6.07, 6.45) is 8.41. The van der Waals surface area contributed by atoms with Gasteiger partial charge in [-0.25, -0.2) is 9.37 Å². The van der Waals surface area contributed by atoms with Crippen LogP contribution in [-0.4, -0.2) is 16.1 Å². The normalized spacial score (nSPS) is 9.63. The SMILES string of the molecule is CCCCCCCCC(=O)O.Fc1ccc(Br)nc1. The van der Waals surface area contributed by atoms with Crippen LogP contribution in [0.3, 0.4) is 0 Å². The minimum atomic E-state index is -0.666. The monoisotopic (exact) mass is 333 g/mol. The summed E-state index contributed by atoms with van der Waals surface area (Å²) in [5.41, 5.74) is 0. The number of aromatic nitrogens is 1. The molecule has 0 bridgehead atoms. The number of halogens is 2. The average Bonchev–Trinajstić information content (AvgIpc) is 2.38. The number of hydrogen-bond donors (Lipinski definition) is 1. The van der Waals surface area contributed by atoms with Crippen molar-refractivity contribution in [2.45, 2.75) is 51.9 Å². The number of pyridine rings is 1. The van der Waals surface area contributed by atoms with Crippen LogP contribution in [0.25, 0.3) is 0 Å². The van der Waals surface area contributed by atoms with Crippen molar-refractivity contribution in [1.82, 2.24) is 4.98 Å². The van der Waals surface area contributed by atoms with Crippen LogP contribution in [0.4, 0.5) is 4.39 Å². The zero-order valence-corrected chi connectivity index (χ0v) is 12.8. The quantitative estimate of drug-likeness (QED) is 0.575. The van der Waals surface area contributed by atoms with Crippen molar-refractivity contribution >= 4 is 21.9 Å². The van der Waals surface area contributed by atoms with Gasteiger partial charge in [0.05, 0.1) is 6.20 Å². The highest BCUT2D eigenvalue weighted by molar-refractivity contribution is 9.10. The van der Waals surface area contributed by atoms with Gasteiger partial charge in [0, 0.05) is 6.42 Å². The van der Waals surface area contributed by atoms with Gasteiger partial charge in [0.2, 0.25) is 0 Å². The van der Waals surface area contributed by atoms with E-state index in [1.54, 1.807) is 6.07 Å². The molecule has 0 aromatic carbocycles. The Balaban J connectivity index is 0.000000356. The summed E-state index contributed by atoms with van der Waals surface area (Å²) in [5, 5.41) is 8.32. The second-order valence-corrected chi connectivity index (χ2v) is 5.02. The molecule has 0 aliphatic rings. The molecule has 0 aliphatic carbocycles. The van der Waals surface area contributed by atoms with Gasteiger partial charge in [0.1, 0.15) is 10.4 Å². The van der Waals surface area contributed by atoms with Crippen molar-refractivity contribution in [3.8, 4) is 0 Å². The third-order valence-electron chi connectivity index (χ3n) is 2.44. The molecule has 0 aliphatic heterocycles. The van der Waals surface area contributed by atoms with Crippen LogP contribution >= 0.6 is 15.9 Å². The molecule has 0 saturated heterocycles. The second kappa shape index (κ2) is 12.1. The van der Waals surface area contributed by atoms with Crippen molar-refractivity contribution in [2.75, 3.05) is 0 Å². The van der Waals surface area contributed by atoms with Crippen molar-refractivity contribution in [1.29, 1.82) is 0 Å². The summed E-state index contributed by atoms with van der Waals surface area (Å²) >= 11 is 3.07. The number of carboxylic acid groups (broad SMARTS) is 1. The summed E-state index contributed by atoms with van der Waals surface area (Å²) in [6.45, 7) is 2.18. The van der Waals surface area contributed by atoms with E-state index in [0.29, 0.717) is 11.0 Å². The van der Waals surface area contributed by atoms with Crippen LogP contribution in [-0.2, 0) is 4.79 Å². The summed E-state index contributed by atoms with van der Waals surface area (Å²) < 4.78 is 12.7. The average molecular weight is 334 g/mol. The largest absolute Gasteiger partial charge is 0.481 e. The predicted molar refractivity (Wildman–Crippen MR) is 77.5 cm³/mol. The molecule has 19 heavy (non-hydrogen) atoms. The lowest BCUT2D eigenvalue weighted by Gasteiger charge is -1.97. The van der Waals surface area contributed by atoms with E-state index < -0.39 is 5.97 Å². The zero-order valence-electron chi connectivity index (χ0n) is 11.2. The molecule has 0 fully saturated rings. The summed E-state index contributed by atoms with van der Waals surface area (Å²) in [6, 6.07) is 2.90. The summed E-state index contributed by atoms with van der Waals surface area (Å²) in [7, 11) is 0. The van der Waals surface area contributed by atoms with E-state index >= 15 is 0 Å². The lowest BCUT2D eigenvalue weighted by molar-refractivity contribution is -0.137. The summed E-state index contributed by atoms with van der Waals surface area (Å²) in [4.78, 5) is 13.7. The summed E-state index contributed by atoms with van der Waals surface area (Å²) in [5.74, 6) is -0.978. The minimum absolute atomic E-state index is 0.312. The van der Waals surface area contributed by atoms with Crippen LogP contribution in [0.1, 0.15) is 51.9 Å². The van der Waals surface area contributed by atoms with Gasteiger partial charge in [-0.1, -0.05) is 39.0 Å². The fourth-order valence-corrected chi connectivity index (χ4v) is 1.65. The van der Waals surface area contributed by atoms with Gasteiger partial charge < -0.3 is 5.11 Å². The maximum absolute atomic E-state index is 12.0. The molecule has 0 amide bonds. The molecule has 5 heteroatoms. The number of carbonyl (C=O) groups is 1. The van der Waals surface area contributed by atoms with Gasteiger partial charge >= 0.3 is 5.97 Å². The molecule has 0 radical (unpaired) electrons. The van der Waals surface area contributed by atoms with Crippen LogP contribution in [0.5, 0.6) is 0 Å². The Hall–Kier alpha value is -0.970. The van der Waals surface area contributed by atoms with Gasteiger partial charge in [0.25, 0.3) is 0 Å². The molecule has 1 N–H and O–H groups in total. The van der Waals surface area contributed by atoms with Gasteiger partial charge in [0.15, 0.2) is 0 Å². The van der Waals surface area contributed by atoms with Crippen molar-refractivity contribution < 1.29 is 14.3 Å². The Morgan fingerprint density at radius 1 is 1.26 bits per heavy atom. The van der Waals surface area contributed by atoms with Crippen LogP contribution in [0.2, 0.25) is 0 Å². The number of aliphatic carboxylic acids is 1. The lowest BCUT2D eigenvalue weighted by Crippen LogP contribution is -1.93. The molecule has 0 unspecified atom stereocenters. The highest BCUT2D eigenvalue weighted by Crippen LogP contribution is 2.06. The predicted octanol–water partition coefficient (Wildman–Crippen LogP) is 4.80. The Bertz CT molecular complexity index is 323. The molecule has 1 aromatic heterocycles. The van der Waals surface area contributed by atoms with Crippen LogP contribution in [0, 0.1) is 5.82 Å². The van der Waals surface area contributed by atoms with Gasteiger partial charge in [-0.2, -0.15) is 0 Å². The van der Waals surface area contributed by atoms with E-state index in [2.05, 4.69) is 27.8 Å². The molecule has 0 atom stereocenters. The Morgan fingerprint density at radius 3 is 2.37 bits per heavy atom. The Labute approximate surface area is 122 Å². The molecule has 1 heterocycles. The number of nitrogens with zero attached hydrogens (tertiary/aromatic N) is 1. The first kappa shape index (κ1) is 18.0. The first-order valence-electron chi connectivity index (χ1n) is 6.55. The first-order valence-corrected chi connectivity index (χ1v) is 7.34. The third kappa shape index (κ3) is 13.3. The molecular formula is C14H21BrFNO2. The highest BCUT2D eigenvalue weighted by Gasteiger charge is 1.95. The van der Waals surface area contributed by atoms with E-state index in [0.717, 1.165) is 19.0 Å². The number of hydrogen-bond acceptors (Lipinski definition) is 2. The second-order valence-electron chi connectivity index (χ2n) is 4.21. The fraction of sp³-hybridized carbons (Fsp3) is 0.571. The zero-order chi connectivity index (χ0) is 14.5. The van der Waals surface area contributed by atoms with Crippen LogP contribution in [0.15, 0.2) is 22.9 Å². The van der Waals surface area contributed by atoms with Crippen molar-refractivity contribution in [2.24, 2.45) is 0 Å². The molecule has 108 valence electrons. The van der Waals surface area contributed by atoms with Gasteiger partial charge in [-0.05, 0) is 34.5 Å². The molecule has 0 spiro atoms. The van der Waals surface area contributed by atoms with E-state index in [9.17, 15) is 9.18 Å². The van der Waals surface area contributed by atoms with E-state index in [1.807, 2.05) is 0 Å². The number of carboxylic acids is 1. The number of unbranched alkanes of at least 4 members (excludes halogenated alkanes) is 5. The van der Waals surface area contributed by atoms with E-state index in [-0.39, 0.29) is 5.82 Å². The van der Waals surface area contributed by atoms with Gasteiger partial charge in [-0.15, -0.1) is 0 Å². The molecule has 1 rings (SSSR count). The molecule has 1 aromatic rings. The molecule has 3 nitrogen and oxygen atoms in total.